The maximum absolute atomic E-state index is 13.8. The zero-order chi connectivity index (χ0) is 24.6. The van der Waals surface area contributed by atoms with Crippen LogP contribution in [0.25, 0.3) is 0 Å². The molecule has 1 N–H and O–H groups in total. The molecule has 0 unspecified atom stereocenters. The average Bonchev–Trinajstić information content (AvgIpc) is 3.37. The largest absolute Gasteiger partial charge is 0.352 e. The van der Waals surface area contributed by atoms with Crippen LogP contribution in [-0.2, 0) is 29.0 Å². The molecule has 4 rings (SSSR count). The van der Waals surface area contributed by atoms with Gasteiger partial charge in [0.15, 0.2) is 0 Å². The van der Waals surface area contributed by atoms with Crippen molar-refractivity contribution in [2.45, 2.75) is 64.1 Å². The van der Waals surface area contributed by atoms with Crippen LogP contribution in [0.2, 0.25) is 5.02 Å². The number of benzene rings is 3. The molecule has 4 nitrogen and oxygen atoms in total. The summed E-state index contributed by atoms with van der Waals surface area (Å²) < 4.78 is 0. The first-order valence-electron chi connectivity index (χ1n) is 12.4. The van der Waals surface area contributed by atoms with Crippen LogP contribution in [0.4, 0.5) is 0 Å². The van der Waals surface area contributed by atoms with Crippen molar-refractivity contribution < 1.29 is 9.59 Å². The Morgan fingerprint density at radius 1 is 0.886 bits per heavy atom. The first-order chi connectivity index (χ1) is 17.0. The predicted molar refractivity (Wildman–Crippen MR) is 141 cm³/mol. The topological polar surface area (TPSA) is 49.4 Å². The fourth-order valence-corrected chi connectivity index (χ4v) is 4.82. The quantitative estimate of drug-likeness (QED) is 0.408. The van der Waals surface area contributed by atoms with Crippen molar-refractivity contribution in [1.82, 2.24) is 10.2 Å². The minimum atomic E-state index is -0.598. The number of rotatable bonds is 9. The lowest BCUT2D eigenvalue weighted by molar-refractivity contribution is -0.141. The molecule has 1 fully saturated rings. The third-order valence-corrected chi connectivity index (χ3v) is 6.97. The summed E-state index contributed by atoms with van der Waals surface area (Å²) >= 11 is 6.05. The molecule has 0 spiro atoms. The highest BCUT2D eigenvalue weighted by atomic mass is 35.5. The van der Waals surface area contributed by atoms with Gasteiger partial charge in [0.1, 0.15) is 6.04 Å². The smallest absolute Gasteiger partial charge is 0.243 e. The van der Waals surface area contributed by atoms with Crippen LogP contribution >= 0.6 is 11.6 Å². The maximum Gasteiger partial charge on any atom is 0.243 e. The van der Waals surface area contributed by atoms with Gasteiger partial charge in [-0.3, -0.25) is 9.59 Å². The number of hydrogen-bond donors (Lipinski definition) is 1. The molecule has 0 aliphatic heterocycles. The van der Waals surface area contributed by atoms with E-state index in [1.54, 1.807) is 17.0 Å². The van der Waals surface area contributed by atoms with E-state index in [4.69, 9.17) is 11.6 Å². The van der Waals surface area contributed by atoms with E-state index in [-0.39, 0.29) is 24.3 Å². The van der Waals surface area contributed by atoms with Crippen LogP contribution in [0.3, 0.4) is 0 Å². The van der Waals surface area contributed by atoms with E-state index in [2.05, 4.69) is 5.32 Å². The molecule has 0 bridgehead atoms. The van der Waals surface area contributed by atoms with E-state index in [0.29, 0.717) is 18.0 Å². The third-order valence-electron chi connectivity index (χ3n) is 6.71. The number of hydrogen-bond acceptors (Lipinski definition) is 2. The van der Waals surface area contributed by atoms with Gasteiger partial charge in [-0.15, -0.1) is 0 Å². The van der Waals surface area contributed by atoms with Crippen molar-refractivity contribution in [2.24, 2.45) is 0 Å². The predicted octanol–water partition coefficient (Wildman–Crippen LogP) is 5.89. The molecule has 2 amide bonds. The van der Waals surface area contributed by atoms with Crippen LogP contribution in [0.1, 0.15) is 47.9 Å². The number of aryl methyl sites for hydroxylation is 1. The second kappa shape index (κ2) is 12.0. The van der Waals surface area contributed by atoms with Crippen molar-refractivity contribution in [3.8, 4) is 0 Å². The number of nitrogens with one attached hydrogen (secondary N) is 1. The summed E-state index contributed by atoms with van der Waals surface area (Å²) in [7, 11) is 0. The summed E-state index contributed by atoms with van der Waals surface area (Å²) in [6.45, 7) is 2.42. The van der Waals surface area contributed by atoms with Gasteiger partial charge >= 0.3 is 0 Å². The van der Waals surface area contributed by atoms with Crippen LogP contribution in [0.15, 0.2) is 78.9 Å². The van der Waals surface area contributed by atoms with Gasteiger partial charge in [-0.05, 0) is 48.6 Å². The Morgan fingerprint density at radius 3 is 2.17 bits per heavy atom. The fraction of sp³-hybridized carbons (Fsp3) is 0.333. The molecule has 0 aromatic heterocycles. The van der Waals surface area contributed by atoms with Crippen molar-refractivity contribution in [2.75, 3.05) is 0 Å². The number of amides is 2. The number of nitrogens with zero attached hydrogens (tertiary/aromatic N) is 1. The molecule has 0 heterocycles. The van der Waals surface area contributed by atoms with Gasteiger partial charge in [0.25, 0.3) is 0 Å². The van der Waals surface area contributed by atoms with E-state index < -0.39 is 6.04 Å². The zero-order valence-electron chi connectivity index (χ0n) is 20.3. The van der Waals surface area contributed by atoms with Gasteiger partial charge < -0.3 is 10.2 Å². The van der Waals surface area contributed by atoms with E-state index >= 15 is 0 Å². The molecule has 0 saturated heterocycles. The SMILES string of the molecule is Cc1ccc(CN(C(=O)Cc2ccc(Cl)cc2)[C@H](Cc2ccccc2)C(=O)NC2CCCC2)cc1. The Morgan fingerprint density at radius 2 is 1.51 bits per heavy atom. The average molecular weight is 489 g/mol. The number of carbonyl (C=O) groups excluding carboxylic acids is 2. The Hall–Kier alpha value is -3.11. The van der Waals surface area contributed by atoms with Gasteiger partial charge in [-0.2, -0.15) is 0 Å². The summed E-state index contributed by atoms with van der Waals surface area (Å²) in [5.41, 5.74) is 4.08. The van der Waals surface area contributed by atoms with E-state index in [9.17, 15) is 9.59 Å². The van der Waals surface area contributed by atoms with Crippen LogP contribution in [0, 0.1) is 6.92 Å². The Labute approximate surface area is 213 Å². The van der Waals surface area contributed by atoms with E-state index in [1.165, 1.54) is 0 Å². The van der Waals surface area contributed by atoms with Gasteiger partial charge in [-0.1, -0.05) is 96.7 Å². The Bertz CT molecular complexity index is 1110. The molecule has 1 atom stereocenters. The molecule has 0 radical (unpaired) electrons. The molecule has 5 heteroatoms. The molecule has 1 saturated carbocycles. The van der Waals surface area contributed by atoms with Crippen molar-refractivity contribution in [3.05, 3.63) is 106 Å². The van der Waals surface area contributed by atoms with Gasteiger partial charge in [0.2, 0.25) is 11.8 Å². The first kappa shape index (κ1) is 25.0. The van der Waals surface area contributed by atoms with Crippen molar-refractivity contribution in [3.63, 3.8) is 0 Å². The zero-order valence-corrected chi connectivity index (χ0v) is 21.0. The normalized spacial score (nSPS) is 14.5. The first-order valence-corrected chi connectivity index (χ1v) is 12.8. The van der Waals surface area contributed by atoms with E-state index in [0.717, 1.165) is 47.9 Å². The molecule has 3 aromatic carbocycles. The van der Waals surface area contributed by atoms with Crippen LogP contribution in [0.5, 0.6) is 0 Å². The molecule has 1 aliphatic rings. The molecule has 35 heavy (non-hydrogen) atoms. The van der Waals surface area contributed by atoms with E-state index in [1.807, 2.05) is 73.7 Å². The van der Waals surface area contributed by atoms with Crippen molar-refractivity contribution >= 4 is 23.4 Å². The number of halogens is 1. The molecular weight excluding hydrogens is 456 g/mol. The highest BCUT2D eigenvalue weighted by molar-refractivity contribution is 6.30. The summed E-state index contributed by atoms with van der Waals surface area (Å²) in [6.07, 6.45) is 4.96. The lowest BCUT2D eigenvalue weighted by Gasteiger charge is -2.32. The van der Waals surface area contributed by atoms with Crippen LogP contribution in [-0.4, -0.2) is 28.8 Å². The Kier molecular flexibility index (Phi) is 8.59. The summed E-state index contributed by atoms with van der Waals surface area (Å²) in [4.78, 5) is 29.2. The monoisotopic (exact) mass is 488 g/mol. The van der Waals surface area contributed by atoms with Crippen molar-refractivity contribution in [1.29, 1.82) is 0 Å². The highest BCUT2D eigenvalue weighted by Crippen LogP contribution is 2.21. The summed E-state index contributed by atoms with van der Waals surface area (Å²) in [5.74, 6) is -0.146. The summed E-state index contributed by atoms with van der Waals surface area (Å²) in [6, 6.07) is 25.0. The number of carbonyl (C=O) groups is 2. The Balaban J connectivity index is 1.64. The second-order valence-electron chi connectivity index (χ2n) is 9.51. The van der Waals surface area contributed by atoms with Gasteiger partial charge in [0.05, 0.1) is 6.42 Å². The fourth-order valence-electron chi connectivity index (χ4n) is 4.69. The molecule has 182 valence electrons. The standard InChI is InChI=1S/C30H33ClN2O2/c1-22-11-13-25(14-12-22)21-33(29(34)20-24-15-17-26(31)18-16-24)28(19-23-7-3-2-4-8-23)30(35)32-27-9-5-6-10-27/h2-4,7-8,11-18,27-28H,5-6,9-10,19-21H2,1H3,(H,32,35)/t28-/m1/s1. The highest BCUT2D eigenvalue weighted by Gasteiger charge is 2.32. The third kappa shape index (κ3) is 7.19. The second-order valence-corrected chi connectivity index (χ2v) is 9.94. The molecule has 3 aromatic rings. The lowest BCUT2D eigenvalue weighted by atomic mass is 10.0. The van der Waals surface area contributed by atoms with Gasteiger partial charge in [0, 0.05) is 24.0 Å². The minimum Gasteiger partial charge on any atom is -0.352 e. The minimum absolute atomic E-state index is 0.0719. The van der Waals surface area contributed by atoms with Crippen LogP contribution < -0.4 is 5.32 Å². The maximum atomic E-state index is 13.8. The molecular formula is C30H33ClN2O2. The molecule has 1 aliphatic carbocycles. The van der Waals surface area contributed by atoms with Gasteiger partial charge in [-0.25, -0.2) is 0 Å². The summed E-state index contributed by atoms with van der Waals surface area (Å²) in [5, 5.41) is 3.89. The lowest BCUT2D eigenvalue weighted by Crippen LogP contribution is -2.52.